The molecule has 7 nitrogen and oxygen atoms in total. The van der Waals surface area contributed by atoms with Crippen molar-refractivity contribution in [2.24, 2.45) is 0 Å². The molecule has 0 saturated heterocycles. The van der Waals surface area contributed by atoms with Gasteiger partial charge in [-0.25, -0.2) is 17.2 Å². The van der Waals surface area contributed by atoms with Gasteiger partial charge in [0, 0.05) is 23.2 Å². The lowest BCUT2D eigenvalue weighted by Crippen LogP contribution is -2.13. The Morgan fingerprint density at radius 2 is 1.80 bits per heavy atom. The summed E-state index contributed by atoms with van der Waals surface area (Å²) in [4.78, 5) is 4.22. The number of hydrogen-bond donors (Lipinski definition) is 1. The molecule has 0 fully saturated rings. The van der Waals surface area contributed by atoms with Crippen LogP contribution < -0.4 is 9.46 Å². The number of methoxy groups -OCH3 is 1. The zero-order chi connectivity index (χ0) is 24.6. The van der Waals surface area contributed by atoms with Crippen molar-refractivity contribution in [3.05, 3.63) is 90.8 Å². The number of benzene rings is 3. The predicted octanol–water partition coefficient (Wildman–Crippen LogP) is 5.64. The van der Waals surface area contributed by atoms with Crippen LogP contribution in [0.5, 0.6) is 5.75 Å². The summed E-state index contributed by atoms with van der Waals surface area (Å²) in [6.07, 6.45) is 2.63. The summed E-state index contributed by atoms with van der Waals surface area (Å²) in [7, 11) is -2.72. The number of anilines is 1. The maximum Gasteiger partial charge on any atom is 0.263 e. The van der Waals surface area contributed by atoms with Gasteiger partial charge in [-0.1, -0.05) is 41.6 Å². The summed E-state index contributed by atoms with van der Waals surface area (Å²) in [5.41, 5.74) is 0.501. The van der Waals surface area contributed by atoms with Crippen molar-refractivity contribution in [1.82, 2.24) is 10.1 Å². The van der Waals surface area contributed by atoms with E-state index in [1.807, 2.05) is 0 Å². The van der Waals surface area contributed by atoms with E-state index in [0.717, 1.165) is 6.07 Å². The number of sulfonamides is 1. The van der Waals surface area contributed by atoms with Crippen LogP contribution in [0.4, 0.5) is 14.6 Å². The quantitative estimate of drug-likeness (QED) is 0.329. The molecule has 0 bridgehead atoms. The average molecular weight is 493 g/mol. The number of nitrogens with one attached hydrogen (secondary N) is 1. The predicted molar refractivity (Wildman–Crippen MR) is 126 cm³/mol. The van der Waals surface area contributed by atoms with Crippen molar-refractivity contribution in [3.8, 4) is 28.1 Å². The number of hydrogen-bond acceptors (Lipinski definition) is 6. The fourth-order valence-electron chi connectivity index (χ4n) is 3.83. The molecule has 0 saturated carbocycles. The molecule has 3 aromatic carbocycles. The van der Waals surface area contributed by atoms with Crippen molar-refractivity contribution >= 4 is 26.6 Å². The van der Waals surface area contributed by atoms with Crippen molar-refractivity contribution in [3.63, 3.8) is 0 Å². The molecule has 5 rings (SSSR count). The van der Waals surface area contributed by atoms with Gasteiger partial charge in [0.25, 0.3) is 10.0 Å². The first-order chi connectivity index (χ1) is 16.9. The summed E-state index contributed by atoms with van der Waals surface area (Å²) in [5, 5.41) is 4.41. The molecule has 0 aliphatic rings. The van der Waals surface area contributed by atoms with E-state index in [2.05, 4.69) is 19.4 Å². The van der Waals surface area contributed by atoms with Gasteiger partial charge in [-0.05, 0) is 35.2 Å². The lowest BCUT2D eigenvalue weighted by Gasteiger charge is -2.16. The molecule has 0 radical (unpaired) electrons. The van der Waals surface area contributed by atoms with Gasteiger partial charge in [-0.2, -0.15) is 0 Å². The van der Waals surface area contributed by atoms with Crippen molar-refractivity contribution in [2.45, 2.75) is 4.90 Å². The molecule has 10 heteroatoms. The Kier molecular flexibility index (Phi) is 5.65. The first kappa shape index (κ1) is 22.5. The van der Waals surface area contributed by atoms with E-state index in [0.29, 0.717) is 16.3 Å². The van der Waals surface area contributed by atoms with Gasteiger partial charge >= 0.3 is 0 Å². The van der Waals surface area contributed by atoms with Crippen LogP contribution in [0.2, 0.25) is 0 Å². The number of fused-ring (bicyclic) bond motifs is 1. The van der Waals surface area contributed by atoms with Crippen molar-refractivity contribution < 1.29 is 26.5 Å². The standard InChI is InChI=1S/C25H17F2N3O4S/c1-33-25-22(20(26)14-19(23(25)27)15-5-3-2-4-6-15)24-18-8-7-17(13-16(18)9-11-28-24)35(31,32)30-21-10-12-34-29-21/h2-14H,1H3,(H,29,30). The Labute approximate surface area is 199 Å². The highest BCUT2D eigenvalue weighted by Gasteiger charge is 2.24. The number of aromatic nitrogens is 2. The van der Waals surface area contributed by atoms with Gasteiger partial charge in [-0.3, -0.25) is 9.71 Å². The number of rotatable bonds is 6. The third kappa shape index (κ3) is 4.08. The molecule has 0 aliphatic carbocycles. The Bertz CT molecular complexity index is 1640. The zero-order valence-corrected chi connectivity index (χ0v) is 19.0. The summed E-state index contributed by atoms with van der Waals surface area (Å²) in [6, 6.07) is 16.8. The van der Waals surface area contributed by atoms with Crippen LogP contribution in [0.1, 0.15) is 0 Å². The number of nitrogens with zero attached hydrogens (tertiary/aromatic N) is 2. The minimum atomic E-state index is -3.97. The summed E-state index contributed by atoms with van der Waals surface area (Å²) < 4.78 is 68.6. The van der Waals surface area contributed by atoms with Gasteiger partial charge in [0.05, 0.1) is 23.3 Å². The molecule has 0 amide bonds. The van der Waals surface area contributed by atoms with Crippen molar-refractivity contribution in [1.29, 1.82) is 0 Å². The average Bonchev–Trinajstić information content (AvgIpc) is 3.37. The molecule has 0 aliphatic heterocycles. The molecule has 0 unspecified atom stereocenters. The summed E-state index contributed by atoms with van der Waals surface area (Å²) in [5.74, 6) is -1.73. The van der Waals surface area contributed by atoms with E-state index in [-0.39, 0.29) is 33.3 Å². The topological polar surface area (TPSA) is 94.3 Å². The Morgan fingerprint density at radius 3 is 2.51 bits per heavy atom. The zero-order valence-electron chi connectivity index (χ0n) is 18.2. The molecular formula is C25H17F2N3O4S. The van der Waals surface area contributed by atoms with Crippen molar-refractivity contribution in [2.75, 3.05) is 11.8 Å². The molecule has 176 valence electrons. The second-order valence-corrected chi connectivity index (χ2v) is 9.21. The fraction of sp³-hybridized carbons (Fsp3) is 0.0400. The lowest BCUT2D eigenvalue weighted by atomic mass is 9.97. The second-order valence-electron chi connectivity index (χ2n) is 7.53. The highest BCUT2D eigenvalue weighted by Crippen LogP contribution is 2.41. The van der Waals surface area contributed by atoms with Crippen LogP contribution in [-0.2, 0) is 10.0 Å². The SMILES string of the molecule is COc1c(F)c(-c2ccccc2)cc(F)c1-c1nccc2cc(S(=O)(=O)Nc3ccon3)ccc12. The van der Waals surface area contributed by atoms with Crippen LogP contribution in [0.25, 0.3) is 33.2 Å². The van der Waals surface area contributed by atoms with E-state index in [4.69, 9.17) is 4.74 Å². The first-order valence-electron chi connectivity index (χ1n) is 10.3. The van der Waals surface area contributed by atoms with Crippen LogP contribution in [0.3, 0.4) is 0 Å². The minimum absolute atomic E-state index is 0.0290. The largest absolute Gasteiger partial charge is 0.493 e. The lowest BCUT2D eigenvalue weighted by molar-refractivity contribution is 0.386. The maximum atomic E-state index is 15.5. The van der Waals surface area contributed by atoms with Gasteiger partial charge < -0.3 is 9.26 Å². The Morgan fingerprint density at radius 1 is 1.00 bits per heavy atom. The first-order valence-corrected chi connectivity index (χ1v) is 11.8. The normalized spacial score (nSPS) is 11.5. The third-order valence-corrected chi connectivity index (χ3v) is 6.77. The molecule has 0 spiro atoms. The molecule has 2 aromatic heterocycles. The van der Waals surface area contributed by atoms with Gasteiger partial charge in [0.1, 0.15) is 12.1 Å². The van der Waals surface area contributed by atoms with Gasteiger partial charge in [-0.15, -0.1) is 0 Å². The van der Waals surface area contributed by atoms with Gasteiger partial charge in [0.2, 0.25) is 0 Å². The fourth-order valence-corrected chi connectivity index (χ4v) is 4.85. The monoisotopic (exact) mass is 493 g/mol. The highest BCUT2D eigenvalue weighted by atomic mass is 32.2. The van der Waals surface area contributed by atoms with E-state index in [9.17, 15) is 8.42 Å². The minimum Gasteiger partial charge on any atom is -0.493 e. The van der Waals surface area contributed by atoms with Crippen LogP contribution in [0.15, 0.2) is 88.6 Å². The third-order valence-electron chi connectivity index (χ3n) is 5.42. The molecule has 5 aromatic rings. The molecule has 0 atom stereocenters. The summed E-state index contributed by atoms with van der Waals surface area (Å²) >= 11 is 0. The molecule has 1 N–H and O–H groups in total. The van der Waals surface area contributed by atoms with E-state index in [1.165, 1.54) is 43.8 Å². The number of ether oxygens (including phenoxy) is 1. The Balaban J connectivity index is 1.64. The highest BCUT2D eigenvalue weighted by molar-refractivity contribution is 7.92. The van der Waals surface area contributed by atoms with E-state index < -0.39 is 21.7 Å². The smallest absolute Gasteiger partial charge is 0.263 e. The number of halogens is 2. The molecule has 35 heavy (non-hydrogen) atoms. The van der Waals surface area contributed by atoms with E-state index in [1.54, 1.807) is 36.4 Å². The summed E-state index contributed by atoms with van der Waals surface area (Å²) in [6.45, 7) is 0. The van der Waals surface area contributed by atoms with Crippen LogP contribution >= 0.6 is 0 Å². The molecular weight excluding hydrogens is 476 g/mol. The Hall–Kier alpha value is -4.31. The van der Waals surface area contributed by atoms with Crippen LogP contribution in [-0.4, -0.2) is 25.7 Å². The van der Waals surface area contributed by atoms with Gasteiger partial charge in [0.15, 0.2) is 17.4 Å². The second kappa shape index (κ2) is 8.80. The molecule has 2 heterocycles. The van der Waals surface area contributed by atoms with E-state index >= 15 is 8.78 Å². The van der Waals surface area contributed by atoms with Crippen LogP contribution in [0, 0.1) is 11.6 Å². The number of pyridine rings is 1. The maximum absolute atomic E-state index is 15.5.